The van der Waals surface area contributed by atoms with Crippen LogP contribution < -0.4 is 18.9 Å². The van der Waals surface area contributed by atoms with E-state index in [0.29, 0.717) is 45.4 Å². The van der Waals surface area contributed by atoms with Crippen LogP contribution in [0.4, 0.5) is 0 Å². The zero-order valence-electron chi connectivity index (χ0n) is 17.1. The highest BCUT2D eigenvalue weighted by Gasteiger charge is 2.19. The molecule has 0 spiro atoms. The molecular formula is C23H21NO6. The maximum atomic E-state index is 9.97. The summed E-state index contributed by atoms with van der Waals surface area (Å²) in [6, 6.07) is 12.2. The summed E-state index contributed by atoms with van der Waals surface area (Å²) in [5.41, 5.74) is 3.45. The van der Waals surface area contributed by atoms with Gasteiger partial charge in [-0.2, -0.15) is 0 Å². The monoisotopic (exact) mass is 407 g/mol. The van der Waals surface area contributed by atoms with Gasteiger partial charge in [0.25, 0.3) is 0 Å². The molecule has 0 radical (unpaired) electrons. The van der Waals surface area contributed by atoms with E-state index < -0.39 is 0 Å². The summed E-state index contributed by atoms with van der Waals surface area (Å²) in [5.74, 6) is 2.88. The number of hydrogen-bond acceptors (Lipinski definition) is 7. The lowest BCUT2D eigenvalue weighted by molar-refractivity contribution is 0.324. The van der Waals surface area contributed by atoms with E-state index in [2.05, 4.69) is 4.98 Å². The molecule has 2 heterocycles. The van der Waals surface area contributed by atoms with Crippen LogP contribution in [-0.2, 0) is 0 Å². The summed E-state index contributed by atoms with van der Waals surface area (Å²) < 4.78 is 27.9. The lowest BCUT2D eigenvalue weighted by Crippen LogP contribution is -1.95. The molecule has 2 aromatic carbocycles. The number of ether oxygens (including phenoxy) is 4. The predicted octanol–water partition coefficient (Wildman–Crippen LogP) is 4.90. The molecule has 0 fully saturated rings. The predicted molar refractivity (Wildman–Crippen MR) is 113 cm³/mol. The standard InChI is InChI=1S/C23H21NO6/c1-26-18-6-5-14(25)11-16(18)15-7-8-24-17-12-19(30-22(15)17)13-9-20(27-2)23(29-4)21(10-13)28-3/h5-12,25H,1-4H3. The van der Waals surface area contributed by atoms with Gasteiger partial charge in [0.15, 0.2) is 17.1 Å². The van der Waals surface area contributed by atoms with Gasteiger partial charge in [0, 0.05) is 29.0 Å². The van der Waals surface area contributed by atoms with Crippen LogP contribution in [0.3, 0.4) is 0 Å². The van der Waals surface area contributed by atoms with Crippen molar-refractivity contribution < 1.29 is 28.5 Å². The van der Waals surface area contributed by atoms with Crippen molar-refractivity contribution in [3.8, 4) is 51.2 Å². The van der Waals surface area contributed by atoms with E-state index in [4.69, 9.17) is 23.4 Å². The van der Waals surface area contributed by atoms with Crippen molar-refractivity contribution in [1.82, 2.24) is 4.98 Å². The Morgan fingerprint density at radius 2 is 1.47 bits per heavy atom. The summed E-state index contributed by atoms with van der Waals surface area (Å²) >= 11 is 0. The number of nitrogens with zero attached hydrogens (tertiary/aromatic N) is 1. The average molecular weight is 407 g/mol. The molecule has 0 atom stereocenters. The van der Waals surface area contributed by atoms with Crippen LogP contribution in [0.25, 0.3) is 33.6 Å². The number of methoxy groups -OCH3 is 4. The minimum absolute atomic E-state index is 0.132. The Morgan fingerprint density at radius 3 is 2.10 bits per heavy atom. The third-order valence-electron chi connectivity index (χ3n) is 4.83. The van der Waals surface area contributed by atoms with E-state index in [-0.39, 0.29) is 5.75 Å². The molecule has 0 aliphatic heterocycles. The number of phenols is 1. The van der Waals surface area contributed by atoms with Gasteiger partial charge in [0.05, 0.1) is 28.4 Å². The van der Waals surface area contributed by atoms with Gasteiger partial charge in [0.2, 0.25) is 5.75 Å². The number of pyridine rings is 1. The molecule has 154 valence electrons. The summed E-state index contributed by atoms with van der Waals surface area (Å²) in [6.07, 6.45) is 1.69. The molecule has 4 rings (SSSR count). The van der Waals surface area contributed by atoms with Gasteiger partial charge < -0.3 is 28.5 Å². The number of benzene rings is 2. The van der Waals surface area contributed by atoms with Crippen LogP contribution in [0.2, 0.25) is 0 Å². The number of aromatic nitrogens is 1. The van der Waals surface area contributed by atoms with Crippen LogP contribution in [0.5, 0.6) is 28.7 Å². The quantitative estimate of drug-likeness (QED) is 0.487. The largest absolute Gasteiger partial charge is 0.508 e. The van der Waals surface area contributed by atoms with Gasteiger partial charge in [-0.3, -0.25) is 4.98 Å². The summed E-state index contributed by atoms with van der Waals surface area (Å²) in [6.45, 7) is 0. The topological polar surface area (TPSA) is 83.2 Å². The Labute approximate surface area is 173 Å². The second-order valence-electron chi connectivity index (χ2n) is 6.48. The maximum absolute atomic E-state index is 9.97. The number of phenolic OH excluding ortho intramolecular Hbond substituents is 1. The first kappa shape index (κ1) is 19.4. The average Bonchev–Trinajstić information content (AvgIpc) is 3.22. The maximum Gasteiger partial charge on any atom is 0.203 e. The van der Waals surface area contributed by atoms with Gasteiger partial charge in [-0.05, 0) is 36.4 Å². The number of fused-ring (bicyclic) bond motifs is 1. The zero-order chi connectivity index (χ0) is 21.3. The van der Waals surface area contributed by atoms with Crippen molar-refractivity contribution in [3.05, 3.63) is 48.7 Å². The zero-order valence-corrected chi connectivity index (χ0v) is 17.1. The molecule has 0 amide bonds. The van der Waals surface area contributed by atoms with Crippen molar-refractivity contribution in [3.63, 3.8) is 0 Å². The molecule has 0 saturated heterocycles. The molecule has 30 heavy (non-hydrogen) atoms. The van der Waals surface area contributed by atoms with Crippen LogP contribution in [-0.4, -0.2) is 38.5 Å². The molecule has 0 saturated carbocycles. The van der Waals surface area contributed by atoms with E-state index >= 15 is 0 Å². The third-order valence-corrected chi connectivity index (χ3v) is 4.83. The highest BCUT2D eigenvalue weighted by atomic mass is 16.5. The van der Waals surface area contributed by atoms with Crippen LogP contribution >= 0.6 is 0 Å². The van der Waals surface area contributed by atoms with Gasteiger partial charge in [-0.15, -0.1) is 0 Å². The van der Waals surface area contributed by atoms with E-state index in [1.165, 1.54) is 0 Å². The van der Waals surface area contributed by atoms with Crippen molar-refractivity contribution in [2.75, 3.05) is 28.4 Å². The molecule has 7 nitrogen and oxygen atoms in total. The lowest BCUT2D eigenvalue weighted by Gasteiger charge is -2.13. The van der Waals surface area contributed by atoms with Gasteiger partial charge in [-0.1, -0.05) is 0 Å². The van der Waals surface area contributed by atoms with Crippen molar-refractivity contribution in [2.24, 2.45) is 0 Å². The first-order valence-corrected chi connectivity index (χ1v) is 9.16. The minimum Gasteiger partial charge on any atom is -0.508 e. The van der Waals surface area contributed by atoms with Gasteiger partial charge >= 0.3 is 0 Å². The first-order chi connectivity index (χ1) is 14.6. The summed E-state index contributed by atoms with van der Waals surface area (Å²) in [5, 5.41) is 9.97. The Balaban J connectivity index is 1.91. The SMILES string of the molecule is COc1ccc(O)cc1-c1ccnc2cc(-c3cc(OC)c(OC)c(OC)c3)oc12. The number of hydrogen-bond donors (Lipinski definition) is 1. The van der Waals surface area contributed by atoms with Crippen LogP contribution in [0, 0.1) is 0 Å². The Hall–Kier alpha value is -3.87. The molecule has 2 aromatic heterocycles. The number of rotatable bonds is 6. The first-order valence-electron chi connectivity index (χ1n) is 9.16. The fourth-order valence-corrected chi connectivity index (χ4v) is 3.42. The molecule has 0 unspecified atom stereocenters. The summed E-state index contributed by atoms with van der Waals surface area (Å²) in [7, 11) is 6.26. The van der Waals surface area contributed by atoms with Gasteiger partial charge in [0.1, 0.15) is 22.8 Å². The normalized spacial score (nSPS) is 10.8. The van der Waals surface area contributed by atoms with Crippen molar-refractivity contribution in [2.45, 2.75) is 0 Å². The van der Waals surface area contributed by atoms with Crippen LogP contribution in [0.1, 0.15) is 0 Å². The smallest absolute Gasteiger partial charge is 0.203 e. The molecule has 4 aromatic rings. The molecular weight excluding hydrogens is 386 g/mol. The van der Waals surface area contributed by atoms with Crippen molar-refractivity contribution in [1.29, 1.82) is 0 Å². The fraction of sp³-hybridized carbons (Fsp3) is 0.174. The summed E-state index contributed by atoms with van der Waals surface area (Å²) in [4.78, 5) is 4.43. The molecule has 0 bridgehead atoms. The fourth-order valence-electron chi connectivity index (χ4n) is 3.42. The van der Waals surface area contributed by atoms with Crippen molar-refractivity contribution >= 4 is 11.1 Å². The second-order valence-corrected chi connectivity index (χ2v) is 6.48. The van der Waals surface area contributed by atoms with E-state index in [1.807, 2.05) is 24.3 Å². The lowest BCUT2D eigenvalue weighted by atomic mass is 10.0. The second kappa shape index (κ2) is 7.87. The Bertz CT molecular complexity index is 1190. The highest BCUT2D eigenvalue weighted by molar-refractivity contribution is 5.94. The van der Waals surface area contributed by atoms with E-state index in [9.17, 15) is 5.11 Å². The van der Waals surface area contributed by atoms with E-state index in [0.717, 1.165) is 11.1 Å². The van der Waals surface area contributed by atoms with Gasteiger partial charge in [-0.25, -0.2) is 0 Å². The van der Waals surface area contributed by atoms with E-state index in [1.54, 1.807) is 52.8 Å². The number of furan rings is 1. The molecule has 0 aliphatic rings. The van der Waals surface area contributed by atoms with Crippen LogP contribution in [0.15, 0.2) is 53.1 Å². The Kier molecular flexibility index (Phi) is 5.10. The highest BCUT2D eigenvalue weighted by Crippen LogP contribution is 2.43. The molecule has 7 heteroatoms. The molecule has 1 N–H and O–H groups in total. The Morgan fingerprint density at radius 1 is 0.767 bits per heavy atom. The third kappa shape index (κ3) is 3.24. The minimum atomic E-state index is 0.132. The molecule has 0 aliphatic carbocycles. The number of aromatic hydroxyl groups is 1.